The van der Waals surface area contributed by atoms with E-state index in [1.165, 1.54) is 0 Å². The van der Waals surface area contributed by atoms with Crippen LogP contribution in [0.1, 0.15) is 49.6 Å². The van der Waals surface area contributed by atoms with Gasteiger partial charge in [-0.15, -0.1) is 0 Å². The predicted octanol–water partition coefficient (Wildman–Crippen LogP) is 3.17. The van der Waals surface area contributed by atoms with Crippen LogP contribution in [-0.2, 0) is 13.1 Å². The maximum atomic E-state index is 5.43. The van der Waals surface area contributed by atoms with Gasteiger partial charge in [0.1, 0.15) is 0 Å². The van der Waals surface area contributed by atoms with Crippen LogP contribution in [0.2, 0.25) is 0 Å². The van der Waals surface area contributed by atoms with Gasteiger partial charge in [0.25, 0.3) is 0 Å². The maximum absolute atomic E-state index is 5.43. The van der Waals surface area contributed by atoms with Gasteiger partial charge < -0.3 is 24.6 Å². The summed E-state index contributed by atoms with van der Waals surface area (Å²) in [5.41, 5.74) is 2.11. The van der Waals surface area contributed by atoms with Gasteiger partial charge in [0, 0.05) is 25.6 Å². The predicted molar refractivity (Wildman–Crippen MR) is 99.4 cm³/mol. The topological polar surface area (TPSA) is 80.9 Å². The van der Waals surface area contributed by atoms with Crippen LogP contribution in [0.3, 0.4) is 0 Å². The summed E-state index contributed by atoms with van der Waals surface area (Å²) in [5.74, 6) is 3.52. The van der Waals surface area contributed by atoms with E-state index in [4.69, 9.17) is 14.0 Å². The molecule has 0 radical (unpaired) electrons. The average Bonchev–Trinajstić information content (AvgIpc) is 3.32. The molecule has 0 unspecified atom stereocenters. The standard InChI is InChI=1S/C19H26N4O3/c1-4-14(5-2)16-9-15(26-23-16)11-22-19(20-3)21-10-13-6-7-17-18(8-13)25-12-24-17/h6-9,14H,4-5,10-12H2,1-3H3,(H2,20,21,22). The third kappa shape index (κ3) is 4.28. The quantitative estimate of drug-likeness (QED) is 0.584. The number of fused-ring (bicyclic) bond motifs is 1. The Balaban J connectivity index is 1.51. The van der Waals surface area contributed by atoms with Crippen molar-refractivity contribution in [1.29, 1.82) is 0 Å². The van der Waals surface area contributed by atoms with E-state index >= 15 is 0 Å². The van der Waals surface area contributed by atoms with Crippen molar-refractivity contribution in [3.05, 3.63) is 41.3 Å². The number of aromatic nitrogens is 1. The van der Waals surface area contributed by atoms with Crippen molar-refractivity contribution in [3.63, 3.8) is 0 Å². The summed E-state index contributed by atoms with van der Waals surface area (Å²) in [7, 11) is 1.74. The van der Waals surface area contributed by atoms with Gasteiger partial charge in [-0.25, -0.2) is 0 Å². The molecule has 3 rings (SSSR count). The van der Waals surface area contributed by atoms with Crippen molar-refractivity contribution in [2.45, 2.75) is 45.7 Å². The van der Waals surface area contributed by atoms with Gasteiger partial charge in [-0.05, 0) is 30.5 Å². The van der Waals surface area contributed by atoms with Crippen molar-refractivity contribution in [1.82, 2.24) is 15.8 Å². The molecular formula is C19H26N4O3. The van der Waals surface area contributed by atoms with E-state index < -0.39 is 0 Å². The molecule has 2 aromatic rings. The summed E-state index contributed by atoms with van der Waals surface area (Å²) in [6.07, 6.45) is 2.13. The monoisotopic (exact) mass is 358 g/mol. The number of guanidine groups is 1. The van der Waals surface area contributed by atoms with Crippen molar-refractivity contribution >= 4 is 5.96 Å². The van der Waals surface area contributed by atoms with Gasteiger partial charge in [0.05, 0.1) is 12.2 Å². The summed E-state index contributed by atoms with van der Waals surface area (Å²) in [4.78, 5) is 4.24. The van der Waals surface area contributed by atoms with Crippen LogP contribution < -0.4 is 20.1 Å². The summed E-state index contributed by atoms with van der Waals surface area (Å²) in [6, 6.07) is 7.92. The first-order chi connectivity index (χ1) is 12.7. The first kappa shape index (κ1) is 18.1. The summed E-state index contributed by atoms with van der Waals surface area (Å²) in [6.45, 7) is 5.79. The lowest BCUT2D eigenvalue weighted by Crippen LogP contribution is -2.36. The molecule has 0 aliphatic carbocycles. The zero-order valence-electron chi connectivity index (χ0n) is 15.5. The normalized spacial score (nSPS) is 13.3. The number of aliphatic imine (C=N–C) groups is 1. The summed E-state index contributed by atoms with van der Waals surface area (Å²) in [5, 5.41) is 10.7. The highest BCUT2D eigenvalue weighted by atomic mass is 16.7. The molecule has 0 saturated heterocycles. The van der Waals surface area contributed by atoms with Crippen LogP contribution in [0.15, 0.2) is 33.8 Å². The Morgan fingerprint density at radius 2 is 1.88 bits per heavy atom. The highest BCUT2D eigenvalue weighted by Gasteiger charge is 2.14. The second kappa shape index (κ2) is 8.60. The van der Waals surface area contributed by atoms with Gasteiger partial charge in [-0.1, -0.05) is 25.1 Å². The molecular weight excluding hydrogens is 332 g/mol. The Labute approximate surface area is 153 Å². The number of hydrogen-bond donors (Lipinski definition) is 2. The van der Waals surface area contributed by atoms with E-state index in [0.717, 1.165) is 41.4 Å². The van der Waals surface area contributed by atoms with Crippen LogP contribution in [0.4, 0.5) is 0 Å². The van der Waals surface area contributed by atoms with Crippen molar-refractivity contribution in [2.24, 2.45) is 4.99 Å². The van der Waals surface area contributed by atoms with E-state index in [1.54, 1.807) is 7.05 Å². The number of benzene rings is 1. The fourth-order valence-electron chi connectivity index (χ4n) is 2.94. The van der Waals surface area contributed by atoms with Gasteiger partial charge in [0.15, 0.2) is 23.2 Å². The number of nitrogens with zero attached hydrogens (tertiary/aromatic N) is 2. The Bertz CT molecular complexity index is 753. The number of ether oxygens (including phenoxy) is 2. The molecule has 26 heavy (non-hydrogen) atoms. The molecule has 1 aromatic heterocycles. The van der Waals surface area contributed by atoms with Crippen LogP contribution in [0.5, 0.6) is 11.5 Å². The second-order valence-electron chi connectivity index (χ2n) is 6.20. The van der Waals surface area contributed by atoms with Crippen molar-refractivity contribution in [3.8, 4) is 11.5 Å². The minimum atomic E-state index is 0.283. The Kier molecular flexibility index (Phi) is 5.99. The molecule has 0 amide bonds. The van der Waals surface area contributed by atoms with E-state index in [9.17, 15) is 0 Å². The Hall–Kier alpha value is -2.70. The van der Waals surface area contributed by atoms with Gasteiger partial charge in [-0.3, -0.25) is 4.99 Å². The number of nitrogens with one attached hydrogen (secondary N) is 2. The Morgan fingerprint density at radius 1 is 1.12 bits per heavy atom. The molecule has 0 spiro atoms. The zero-order chi connectivity index (χ0) is 18.4. The Morgan fingerprint density at radius 3 is 2.65 bits per heavy atom. The third-order valence-electron chi connectivity index (χ3n) is 4.53. The first-order valence-corrected chi connectivity index (χ1v) is 9.02. The van der Waals surface area contributed by atoms with E-state index in [1.807, 2.05) is 24.3 Å². The van der Waals surface area contributed by atoms with Gasteiger partial charge in [-0.2, -0.15) is 0 Å². The van der Waals surface area contributed by atoms with E-state index in [-0.39, 0.29) is 6.79 Å². The fraction of sp³-hybridized carbons (Fsp3) is 0.474. The molecule has 2 heterocycles. The van der Waals surface area contributed by atoms with Crippen LogP contribution in [0.25, 0.3) is 0 Å². The maximum Gasteiger partial charge on any atom is 0.231 e. The van der Waals surface area contributed by atoms with Gasteiger partial charge >= 0.3 is 0 Å². The molecule has 0 fully saturated rings. The van der Waals surface area contributed by atoms with E-state index in [2.05, 4.69) is 34.6 Å². The highest BCUT2D eigenvalue weighted by Crippen LogP contribution is 2.32. The van der Waals surface area contributed by atoms with Crippen LogP contribution in [0, 0.1) is 0 Å². The largest absolute Gasteiger partial charge is 0.454 e. The van der Waals surface area contributed by atoms with Gasteiger partial charge in [0.2, 0.25) is 6.79 Å². The van der Waals surface area contributed by atoms with Crippen molar-refractivity contribution in [2.75, 3.05) is 13.8 Å². The molecule has 1 aliphatic rings. The molecule has 140 valence electrons. The van der Waals surface area contributed by atoms with Crippen LogP contribution in [-0.4, -0.2) is 25.0 Å². The lowest BCUT2D eigenvalue weighted by Gasteiger charge is -2.11. The third-order valence-corrected chi connectivity index (χ3v) is 4.53. The lowest BCUT2D eigenvalue weighted by molar-refractivity contribution is 0.174. The van der Waals surface area contributed by atoms with E-state index in [0.29, 0.717) is 25.0 Å². The molecule has 7 nitrogen and oxygen atoms in total. The minimum absolute atomic E-state index is 0.283. The molecule has 0 saturated carbocycles. The first-order valence-electron chi connectivity index (χ1n) is 9.02. The molecule has 2 N–H and O–H groups in total. The summed E-state index contributed by atoms with van der Waals surface area (Å²) >= 11 is 0. The average molecular weight is 358 g/mol. The summed E-state index contributed by atoms with van der Waals surface area (Å²) < 4.78 is 16.2. The number of rotatable bonds is 7. The zero-order valence-corrected chi connectivity index (χ0v) is 15.5. The highest BCUT2D eigenvalue weighted by molar-refractivity contribution is 5.79. The molecule has 0 bridgehead atoms. The molecule has 1 aromatic carbocycles. The fourth-order valence-corrected chi connectivity index (χ4v) is 2.94. The molecule has 7 heteroatoms. The molecule has 1 aliphatic heterocycles. The van der Waals surface area contributed by atoms with Crippen LogP contribution >= 0.6 is 0 Å². The van der Waals surface area contributed by atoms with Crippen molar-refractivity contribution < 1.29 is 14.0 Å². The minimum Gasteiger partial charge on any atom is -0.454 e. The molecule has 0 atom stereocenters. The number of hydrogen-bond acceptors (Lipinski definition) is 5. The smallest absolute Gasteiger partial charge is 0.231 e. The SMILES string of the molecule is CCC(CC)c1cc(CNC(=NC)NCc2ccc3c(c2)OCO3)on1. The second-order valence-corrected chi connectivity index (χ2v) is 6.20. The lowest BCUT2D eigenvalue weighted by atomic mass is 9.99.